The minimum absolute atomic E-state index is 0.103. The Hall–Kier alpha value is -3.99. The first kappa shape index (κ1) is 26.2. The molecular weight excluding hydrogens is 518 g/mol. The molecule has 1 atom stereocenters. The van der Waals surface area contributed by atoms with Gasteiger partial charge in [-0.2, -0.15) is 4.98 Å². The van der Waals surface area contributed by atoms with Crippen LogP contribution < -0.4 is 9.80 Å². The smallest absolute Gasteiger partial charge is 0.229 e. The molecule has 4 heterocycles. The molecule has 6 rings (SSSR count). The number of hydrogen-bond donors (Lipinski definition) is 1. The monoisotopic (exact) mass is 548 g/mol. The summed E-state index contributed by atoms with van der Waals surface area (Å²) in [6, 6.07) is 6.72. The number of aromatic nitrogens is 4. The van der Waals surface area contributed by atoms with Crippen molar-refractivity contribution < 1.29 is 23.2 Å². The number of carbonyl (C=O) groups is 1. The van der Waals surface area contributed by atoms with Gasteiger partial charge in [0.1, 0.15) is 23.8 Å². The second kappa shape index (κ2) is 10.5. The number of amides is 1. The van der Waals surface area contributed by atoms with Crippen molar-refractivity contribution in [3.05, 3.63) is 60.0 Å². The second-order valence-corrected chi connectivity index (χ2v) is 10.8. The third-order valence-electron chi connectivity index (χ3n) is 7.85. The van der Waals surface area contributed by atoms with Crippen LogP contribution >= 0.6 is 0 Å². The van der Waals surface area contributed by atoms with E-state index in [4.69, 9.17) is 4.52 Å². The Morgan fingerprint density at radius 1 is 1.10 bits per heavy atom. The van der Waals surface area contributed by atoms with Crippen molar-refractivity contribution in [3.63, 3.8) is 0 Å². The SMILES string of the molecule is CC(C)c1nc(C2CCN(c3ncnc4c(-c5ccc(N6C(=O)CCC6CO)c(F)c5)cc(F)cc34)CC2)no1. The molecule has 2 aliphatic heterocycles. The van der Waals surface area contributed by atoms with Gasteiger partial charge in [0, 0.05) is 42.3 Å². The zero-order valence-electron chi connectivity index (χ0n) is 22.3. The lowest BCUT2D eigenvalue weighted by molar-refractivity contribution is -0.117. The molecule has 1 amide bonds. The van der Waals surface area contributed by atoms with Crippen molar-refractivity contribution in [1.82, 2.24) is 20.1 Å². The number of rotatable bonds is 6. The number of fused-ring (bicyclic) bond motifs is 1. The molecule has 0 aliphatic carbocycles. The number of anilines is 2. The van der Waals surface area contributed by atoms with Crippen LogP contribution in [0.15, 0.2) is 41.2 Å². The zero-order valence-corrected chi connectivity index (χ0v) is 22.3. The fourth-order valence-electron chi connectivity index (χ4n) is 5.71. The molecule has 40 heavy (non-hydrogen) atoms. The number of hydrogen-bond acceptors (Lipinski definition) is 8. The van der Waals surface area contributed by atoms with Crippen molar-refractivity contribution in [1.29, 1.82) is 0 Å². The van der Waals surface area contributed by atoms with Crippen LogP contribution in [-0.2, 0) is 4.79 Å². The molecule has 0 bridgehead atoms. The third kappa shape index (κ3) is 4.68. The largest absolute Gasteiger partial charge is 0.394 e. The van der Waals surface area contributed by atoms with Gasteiger partial charge in [0.2, 0.25) is 11.8 Å². The van der Waals surface area contributed by atoms with Gasteiger partial charge in [-0.05, 0) is 49.1 Å². The molecule has 9 nitrogen and oxygen atoms in total. The molecule has 2 saturated heterocycles. The molecule has 0 saturated carbocycles. The highest BCUT2D eigenvalue weighted by Crippen LogP contribution is 2.37. The van der Waals surface area contributed by atoms with Crippen molar-refractivity contribution in [2.45, 2.75) is 57.4 Å². The number of aliphatic hydroxyl groups excluding tert-OH is 1. The average Bonchev–Trinajstić information content (AvgIpc) is 3.60. The van der Waals surface area contributed by atoms with Gasteiger partial charge in [0.05, 0.1) is 23.9 Å². The first-order valence-electron chi connectivity index (χ1n) is 13.6. The standard InChI is InChI=1S/C29H30F2N6O3/c1-16(2)29-34-27(35-40-29)17-7-9-36(10-8-17)28-22-13-19(30)12-21(26(22)32-15-33-28)18-3-5-24(23(31)11-18)37-20(14-38)4-6-25(37)39/h3,5,11-13,15-17,20,38H,4,6-10,14H2,1-2H3. The van der Waals surface area contributed by atoms with Gasteiger partial charge >= 0.3 is 0 Å². The molecule has 1 N–H and O–H groups in total. The summed E-state index contributed by atoms with van der Waals surface area (Å²) in [6.45, 7) is 5.13. The molecule has 2 fully saturated rings. The Bertz CT molecular complexity index is 1570. The van der Waals surface area contributed by atoms with Crippen molar-refractivity contribution >= 4 is 28.3 Å². The molecule has 0 radical (unpaired) electrons. The zero-order chi connectivity index (χ0) is 28.0. The first-order valence-corrected chi connectivity index (χ1v) is 13.6. The normalized spacial score (nSPS) is 18.4. The Morgan fingerprint density at radius 3 is 2.60 bits per heavy atom. The Morgan fingerprint density at radius 2 is 1.90 bits per heavy atom. The van der Waals surface area contributed by atoms with Gasteiger partial charge in [0.15, 0.2) is 5.82 Å². The number of benzene rings is 2. The van der Waals surface area contributed by atoms with Crippen LogP contribution in [0.2, 0.25) is 0 Å². The van der Waals surface area contributed by atoms with Crippen molar-refractivity contribution in [2.24, 2.45) is 0 Å². The lowest BCUT2D eigenvalue weighted by Gasteiger charge is -2.32. The summed E-state index contributed by atoms with van der Waals surface area (Å²) in [6.07, 6.45) is 3.75. The van der Waals surface area contributed by atoms with E-state index >= 15 is 4.39 Å². The van der Waals surface area contributed by atoms with Crippen molar-refractivity contribution in [3.8, 4) is 11.1 Å². The maximum absolute atomic E-state index is 15.3. The summed E-state index contributed by atoms with van der Waals surface area (Å²) in [5.74, 6) is 0.962. The van der Waals surface area contributed by atoms with Crippen LogP contribution in [0.1, 0.15) is 63.1 Å². The highest BCUT2D eigenvalue weighted by atomic mass is 19.1. The highest BCUT2D eigenvalue weighted by molar-refractivity contribution is 6.00. The van der Waals surface area contributed by atoms with E-state index in [0.29, 0.717) is 53.2 Å². The lowest BCUT2D eigenvalue weighted by atomic mass is 9.95. The fraction of sp³-hybridized carbons (Fsp3) is 0.414. The minimum Gasteiger partial charge on any atom is -0.394 e. The summed E-state index contributed by atoms with van der Waals surface area (Å²) in [4.78, 5) is 29.3. The number of carbonyl (C=O) groups excluding carboxylic acids is 1. The third-order valence-corrected chi connectivity index (χ3v) is 7.85. The average molecular weight is 549 g/mol. The summed E-state index contributed by atoms with van der Waals surface area (Å²) in [5.41, 5.74) is 1.47. The van der Waals surface area contributed by atoms with Crippen LogP contribution in [0, 0.1) is 11.6 Å². The molecule has 2 aromatic carbocycles. The second-order valence-electron chi connectivity index (χ2n) is 10.8. The van der Waals surface area contributed by atoms with E-state index in [0.717, 1.165) is 18.7 Å². The molecule has 0 spiro atoms. The van der Waals surface area contributed by atoms with E-state index in [2.05, 4.69) is 25.0 Å². The van der Waals surface area contributed by atoms with Gasteiger partial charge in [-0.1, -0.05) is 25.1 Å². The van der Waals surface area contributed by atoms with E-state index in [9.17, 15) is 14.3 Å². The van der Waals surface area contributed by atoms with Crippen LogP contribution in [0.25, 0.3) is 22.0 Å². The molecule has 2 aliphatic rings. The summed E-state index contributed by atoms with van der Waals surface area (Å²) >= 11 is 0. The van der Waals surface area contributed by atoms with Gasteiger partial charge in [0.25, 0.3) is 0 Å². The quantitative estimate of drug-likeness (QED) is 0.361. The topological polar surface area (TPSA) is 108 Å². The maximum atomic E-state index is 15.3. The van der Waals surface area contributed by atoms with E-state index < -0.39 is 17.7 Å². The van der Waals surface area contributed by atoms with Crippen LogP contribution in [0.5, 0.6) is 0 Å². The Kier molecular flexibility index (Phi) is 6.91. The number of piperidine rings is 1. The molecule has 2 aromatic heterocycles. The van der Waals surface area contributed by atoms with E-state index in [1.165, 1.54) is 35.5 Å². The van der Waals surface area contributed by atoms with Crippen LogP contribution in [-0.4, -0.2) is 56.9 Å². The summed E-state index contributed by atoms with van der Waals surface area (Å²) in [5, 5.41) is 14.3. The van der Waals surface area contributed by atoms with E-state index in [-0.39, 0.29) is 36.5 Å². The molecular formula is C29H30F2N6O3. The Balaban J connectivity index is 1.29. The molecule has 4 aromatic rings. The first-order chi connectivity index (χ1) is 19.3. The fourth-order valence-corrected chi connectivity index (χ4v) is 5.71. The summed E-state index contributed by atoms with van der Waals surface area (Å²) < 4.78 is 35.7. The van der Waals surface area contributed by atoms with E-state index in [1.807, 2.05) is 13.8 Å². The molecule has 11 heteroatoms. The van der Waals surface area contributed by atoms with Crippen LogP contribution in [0.4, 0.5) is 20.3 Å². The predicted octanol–water partition coefficient (Wildman–Crippen LogP) is 4.95. The van der Waals surface area contributed by atoms with Crippen LogP contribution in [0.3, 0.4) is 0 Å². The number of halogens is 2. The minimum atomic E-state index is -0.623. The van der Waals surface area contributed by atoms with E-state index in [1.54, 1.807) is 6.07 Å². The van der Waals surface area contributed by atoms with Gasteiger partial charge in [-0.3, -0.25) is 4.79 Å². The van der Waals surface area contributed by atoms with Gasteiger partial charge in [-0.15, -0.1) is 0 Å². The van der Waals surface area contributed by atoms with Gasteiger partial charge in [-0.25, -0.2) is 18.7 Å². The molecule has 208 valence electrons. The number of nitrogens with zero attached hydrogens (tertiary/aromatic N) is 6. The maximum Gasteiger partial charge on any atom is 0.229 e. The summed E-state index contributed by atoms with van der Waals surface area (Å²) in [7, 11) is 0. The Labute approximate surface area is 229 Å². The van der Waals surface area contributed by atoms with Gasteiger partial charge < -0.3 is 19.4 Å². The van der Waals surface area contributed by atoms with Crippen molar-refractivity contribution in [2.75, 3.05) is 29.5 Å². The predicted molar refractivity (Wildman–Crippen MR) is 145 cm³/mol. The highest BCUT2D eigenvalue weighted by Gasteiger charge is 2.33. The number of aliphatic hydroxyl groups is 1. The lowest BCUT2D eigenvalue weighted by Crippen LogP contribution is -2.35. The molecule has 1 unspecified atom stereocenters.